The van der Waals surface area contributed by atoms with Crippen LogP contribution < -0.4 is 0 Å². The van der Waals surface area contributed by atoms with Crippen LogP contribution in [0.4, 0.5) is 0 Å². The molecule has 0 N–H and O–H groups in total. The van der Waals surface area contributed by atoms with Gasteiger partial charge in [-0.05, 0) is 73.6 Å². The van der Waals surface area contributed by atoms with Gasteiger partial charge < -0.3 is 0 Å². The number of hydrogen-bond acceptors (Lipinski definition) is 1. The molecule has 220 valence electrons. The van der Waals surface area contributed by atoms with Crippen LogP contribution in [-0.4, -0.2) is 9.55 Å². The van der Waals surface area contributed by atoms with Crippen molar-refractivity contribution in [2.45, 2.75) is 0 Å². The minimum Gasteiger partial charge on any atom is -0.292 e. The maximum Gasteiger partial charge on any atom is 0.145 e. The Labute approximate surface area is 294 Å². The first kappa shape index (κ1) is 15.8. The fourth-order valence-corrected chi connectivity index (χ4v) is 6.34. The minimum atomic E-state index is -0.579. The van der Waals surface area contributed by atoms with Crippen molar-refractivity contribution in [3.63, 3.8) is 0 Å². The van der Waals surface area contributed by atoms with Crippen LogP contribution in [0.25, 0.3) is 83.0 Å². The lowest BCUT2D eigenvalue weighted by atomic mass is 9.84. The second kappa shape index (κ2) is 11.3. The molecule has 1 heterocycles. The Morgan fingerprint density at radius 2 is 1.02 bits per heavy atom. The molecule has 47 heavy (non-hydrogen) atoms. The molecule has 0 fully saturated rings. The normalized spacial score (nSPS) is 15.9. The summed E-state index contributed by atoms with van der Waals surface area (Å²) in [4.78, 5) is 4.85. The smallest absolute Gasteiger partial charge is 0.145 e. The van der Waals surface area contributed by atoms with Gasteiger partial charge in [-0.25, -0.2) is 4.98 Å². The van der Waals surface area contributed by atoms with Gasteiger partial charge in [0.2, 0.25) is 0 Å². The van der Waals surface area contributed by atoms with E-state index in [2.05, 4.69) is 0 Å². The molecule has 2 nitrogen and oxygen atoms in total. The van der Waals surface area contributed by atoms with Crippen LogP contribution in [0, 0.1) is 0 Å². The highest BCUT2D eigenvalue weighted by molar-refractivity contribution is 6.22. The molecule has 0 aliphatic heterocycles. The number of aromatic nitrogens is 2. The molecule has 8 aromatic carbocycles. The third kappa shape index (κ3) is 4.54. The fourth-order valence-electron chi connectivity index (χ4n) is 6.34. The highest BCUT2D eigenvalue weighted by atomic mass is 15.1. The van der Waals surface area contributed by atoms with E-state index in [0.717, 1.165) is 0 Å². The summed E-state index contributed by atoms with van der Waals surface area (Å²) >= 11 is 0. The van der Waals surface area contributed by atoms with Crippen LogP contribution in [0.1, 0.15) is 20.6 Å². The summed E-state index contributed by atoms with van der Waals surface area (Å²) in [5.41, 5.74) is 2.91. The molecule has 0 saturated heterocycles. The first-order valence-corrected chi connectivity index (χ1v) is 14.8. The molecular formula is C45H30N2. The van der Waals surface area contributed by atoms with E-state index >= 15 is 0 Å². The maximum atomic E-state index is 9.11. The van der Waals surface area contributed by atoms with Crippen molar-refractivity contribution in [1.29, 1.82) is 0 Å². The first-order valence-electron chi connectivity index (χ1n) is 22.3. The van der Waals surface area contributed by atoms with Gasteiger partial charge in [0.15, 0.2) is 0 Å². The zero-order chi connectivity index (χ0) is 44.2. The van der Waals surface area contributed by atoms with E-state index in [0.29, 0.717) is 49.4 Å². The van der Waals surface area contributed by atoms with Gasteiger partial charge in [-0.15, -0.1) is 0 Å². The number of rotatable bonds is 5. The number of nitrogens with zero attached hydrogens (tertiary/aromatic N) is 2. The highest BCUT2D eigenvalue weighted by Crippen LogP contribution is 2.46. The van der Waals surface area contributed by atoms with E-state index in [-0.39, 0.29) is 33.6 Å². The van der Waals surface area contributed by atoms with Crippen LogP contribution in [0.5, 0.6) is 0 Å². The van der Waals surface area contributed by atoms with Crippen molar-refractivity contribution < 1.29 is 20.6 Å². The lowest BCUT2D eigenvalue weighted by Gasteiger charge is -2.21. The van der Waals surface area contributed by atoms with Crippen molar-refractivity contribution in [3.05, 3.63) is 182 Å². The summed E-state index contributed by atoms with van der Waals surface area (Å²) in [6.07, 6.45) is 0. The van der Waals surface area contributed by atoms with Crippen LogP contribution in [0.15, 0.2) is 182 Å². The number of fused-ring (bicyclic) bond motifs is 3. The van der Waals surface area contributed by atoms with Gasteiger partial charge in [-0.2, -0.15) is 0 Å². The highest BCUT2D eigenvalue weighted by Gasteiger charge is 2.22. The van der Waals surface area contributed by atoms with Gasteiger partial charge in [0.05, 0.1) is 37.3 Å². The lowest BCUT2D eigenvalue weighted by Crippen LogP contribution is -2.01. The molecule has 0 spiro atoms. The van der Waals surface area contributed by atoms with E-state index in [1.807, 2.05) is 30.3 Å². The molecule has 0 bridgehead atoms. The Morgan fingerprint density at radius 3 is 1.77 bits per heavy atom. The molecule has 0 radical (unpaired) electrons. The quantitative estimate of drug-likeness (QED) is 0.177. The van der Waals surface area contributed by atoms with Crippen molar-refractivity contribution >= 4 is 32.6 Å². The Bertz CT molecular complexity index is 3350. The third-order valence-corrected chi connectivity index (χ3v) is 8.26. The van der Waals surface area contributed by atoms with Crippen LogP contribution in [0.2, 0.25) is 0 Å². The van der Waals surface area contributed by atoms with Crippen LogP contribution >= 0.6 is 0 Å². The fraction of sp³-hybridized carbons (Fsp3) is 0. The van der Waals surface area contributed by atoms with Crippen LogP contribution in [-0.2, 0) is 0 Å². The number of para-hydroxylation sites is 3. The SMILES string of the molecule is [2H]c1c([2H])c([2H])c(-c2ccc3c(-c4ccccc4-n4c(-c5c([2H])c([2H])c([2H])c([2H])c5[2H])nc5ccccc54)c4ccccc4c(-c4c([2H])c([2H])c([2H])c([2H])c4[2H])c3c2)c([2H])c1[2H]. The lowest BCUT2D eigenvalue weighted by molar-refractivity contribution is 1.10. The predicted molar refractivity (Wildman–Crippen MR) is 198 cm³/mol. The second-order valence-corrected chi connectivity index (χ2v) is 10.8. The zero-order valence-corrected chi connectivity index (χ0v) is 24.6. The maximum absolute atomic E-state index is 9.11. The van der Waals surface area contributed by atoms with Crippen molar-refractivity contribution in [2.24, 2.45) is 0 Å². The monoisotopic (exact) mass is 613 g/mol. The van der Waals surface area contributed by atoms with Crippen LogP contribution in [0.3, 0.4) is 0 Å². The molecule has 1 aromatic heterocycles. The number of hydrogen-bond donors (Lipinski definition) is 0. The largest absolute Gasteiger partial charge is 0.292 e. The molecule has 0 aliphatic rings. The summed E-state index contributed by atoms with van der Waals surface area (Å²) < 4.78 is 131. The standard InChI is InChI=1S/C45H30N2/c1-4-16-31(17-5-1)34-28-29-37-39(30-34)43(32-18-6-2-7-19-32)35-22-10-11-23-36(35)44(37)38-24-12-14-26-41(38)47-42-27-15-13-25-40(42)46-45(47)33-20-8-3-9-21-33/h1-30H/i1D,2D,3D,4D,5D,6D,7D,8D,9D,16D,17D,18D,19D,20D,21D. The summed E-state index contributed by atoms with van der Waals surface area (Å²) in [6, 6.07) is 18.9. The zero-order valence-electron chi connectivity index (χ0n) is 39.6. The molecule has 9 rings (SSSR count). The van der Waals surface area contributed by atoms with Gasteiger partial charge in [-0.3, -0.25) is 4.57 Å². The molecule has 2 heteroatoms. The number of benzene rings is 8. The Kier molecular flexibility index (Phi) is 3.80. The topological polar surface area (TPSA) is 17.8 Å². The molecule has 0 aliphatic carbocycles. The van der Waals surface area contributed by atoms with Crippen molar-refractivity contribution in [2.75, 3.05) is 0 Å². The average Bonchev–Trinajstić information content (AvgIpc) is 3.66. The predicted octanol–water partition coefficient (Wildman–Crippen LogP) is 12.0. The molecule has 9 aromatic rings. The van der Waals surface area contributed by atoms with Gasteiger partial charge >= 0.3 is 0 Å². The van der Waals surface area contributed by atoms with Gasteiger partial charge in [0.25, 0.3) is 0 Å². The first-order chi connectivity index (χ1) is 29.6. The number of imidazole rings is 1. The van der Waals surface area contributed by atoms with E-state index in [1.165, 1.54) is 0 Å². The minimum absolute atomic E-state index is 0.0866. The Balaban J connectivity index is 1.47. The summed E-state index contributed by atoms with van der Waals surface area (Å²) in [5.74, 6) is 0.0866. The molecule has 0 amide bonds. The van der Waals surface area contributed by atoms with Gasteiger partial charge in [-0.1, -0.05) is 157 Å². The summed E-state index contributed by atoms with van der Waals surface area (Å²) in [6.45, 7) is 0. The molecule has 0 atom stereocenters. The van der Waals surface area contributed by atoms with Gasteiger partial charge in [0, 0.05) is 11.1 Å². The molecule has 0 saturated carbocycles. The van der Waals surface area contributed by atoms with Crippen molar-refractivity contribution in [1.82, 2.24) is 9.55 Å². The Hall–Kier alpha value is -6.25. The van der Waals surface area contributed by atoms with Crippen molar-refractivity contribution in [3.8, 4) is 50.5 Å². The summed E-state index contributed by atoms with van der Waals surface area (Å²) in [5, 5.41) is 1.92. The molecule has 0 unspecified atom stereocenters. The third-order valence-electron chi connectivity index (χ3n) is 8.26. The Morgan fingerprint density at radius 1 is 0.447 bits per heavy atom. The van der Waals surface area contributed by atoms with Gasteiger partial charge in [0.1, 0.15) is 5.82 Å². The van der Waals surface area contributed by atoms with E-state index in [9.17, 15) is 0 Å². The van der Waals surface area contributed by atoms with E-state index in [4.69, 9.17) is 25.5 Å². The average molecular weight is 614 g/mol. The van der Waals surface area contributed by atoms with E-state index < -0.39 is 90.6 Å². The second-order valence-electron chi connectivity index (χ2n) is 10.8. The summed E-state index contributed by atoms with van der Waals surface area (Å²) in [7, 11) is 0. The molecular weight excluding hydrogens is 569 g/mol. The van der Waals surface area contributed by atoms with E-state index in [1.54, 1.807) is 65.2 Å².